The number of alkyl halides is 2. The van der Waals surface area contributed by atoms with E-state index in [-0.39, 0.29) is 59.1 Å². The predicted octanol–water partition coefficient (Wildman–Crippen LogP) is 1.34. The molecule has 1 aliphatic carbocycles. The Hall–Kier alpha value is -1.09. The van der Waals surface area contributed by atoms with Gasteiger partial charge in [0, 0.05) is 37.6 Å². The molecule has 0 aromatic heterocycles. The van der Waals surface area contributed by atoms with Crippen molar-refractivity contribution in [2.45, 2.75) is 80.9 Å². The summed E-state index contributed by atoms with van der Waals surface area (Å²) >= 11 is 12.8. The molecule has 1 spiro atoms. The van der Waals surface area contributed by atoms with Gasteiger partial charge in [-0.25, -0.2) is 0 Å². The number of carbonyl (C=O) groups excluding carboxylic acids is 3. The Morgan fingerprint density at radius 1 is 1.18 bits per heavy atom. The van der Waals surface area contributed by atoms with E-state index in [1.54, 1.807) is 4.90 Å². The number of piperidine rings is 1. The molecule has 3 N–H and O–H groups in total. The van der Waals surface area contributed by atoms with E-state index in [0.717, 1.165) is 38.6 Å². The lowest BCUT2D eigenvalue weighted by Crippen LogP contribution is -2.71. The van der Waals surface area contributed by atoms with Crippen molar-refractivity contribution < 1.29 is 14.4 Å². The van der Waals surface area contributed by atoms with Crippen LogP contribution in [0.4, 0.5) is 0 Å². The van der Waals surface area contributed by atoms with Gasteiger partial charge in [-0.15, -0.1) is 23.2 Å². The van der Waals surface area contributed by atoms with Crippen molar-refractivity contribution in [3.8, 4) is 0 Å². The Morgan fingerprint density at radius 3 is 2.55 bits per heavy atom. The van der Waals surface area contributed by atoms with Gasteiger partial charge in [0.25, 0.3) is 5.91 Å². The molecule has 3 heterocycles. The Bertz CT molecular complexity index is 775. The molecule has 4 fully saturated rings. The second-order valence-electron chi connectivity index (χ2n) is 10.6. The van der Waals surface area contributed by atoms with Gasteiger partial charge in [0.15, 0.2) is 0 Å². The van der Waals surface area contributed by atoms with Crippen molar-refractivity contribution in [3.63, 3.8) is 0 Å². The standard InChI is InChI=1S/C23H37Cl2N5O3/c1-14(2)29-12-20(31)30(11-15-3-5-17(24)18(25)9-15)23(22(29)33)7-8-28(13-23)19-6-4-16(10-27-19)21(26)32/h14-19,27H,3-13H2,1-2H3,(H2,26,32). The lowest BCUT2D eigenvalue weighted by molar-refractivity contribution is -0.167. The Labute approximate surface area is 206 Å². The fourth-order valence-electron chi connectivity index (χ4n) is 6.08. The molecule has 0 aromatic rings. The molecule has 3 aliphatic heterocycles. The normalized spacial score (nSPS) is 38.5. The Kier molecular flexibility index (Phi) is 7.49. The summed E-state index contributed by atoms with van der Waals surface area (Å²) in [6.45, 7) is 6.41. The van der Waals surface area contributed by atoms with Crippen molar-refractivity contribution in [2.24, 2.45) is 17.6 Å². The van der Waals surface area contributed by atoms with Gasteiger partial charge in [-0.3, -0.25) is 19.3 Å². The largest absolute Gasteiger partial charge is 0.369 e. The predicted molar refractivity (Wildman–Crippen MR) is 128 cm³/mol. The number of carbonyl (C=O) groups is 3. The van der Waals surface area contributed by atoms with E-state index in [2.05, 4.69) is 10.2 Å². The molecule has 33 heavy (non-hydrogen) atoms. The molecule has 1 saturated carbocycles. The number of likely N-dealkylation sites (tertiary alicyclic amines) is 1. The fraction of sp³-hybridized carbons (Fsp3) is 0.870. The van der Waals surface area contributed by atoms with Crippen LogP contribution in [0.2, 0.25) is 0 Å². The molecule has 8 nitrogen and oxygen atoms in total. The van der Waals surface area contributed by atoms with Gasteiger partial charge in [0.1, 0.15) is 12.1 Å². The van der Waals surface area contributed by atoms with Gasteiger partial charge in [-0.2, -0.15) is 0 Å². The summed E-state index contributed by atoms with van der Waals surface area (Å²) in [6.07, 6.45) is 4.76. The van der Waals surface area contributed by atoms with E-state index >= 15 is 0 Å². The minimum atomic E-state index is -0.846. The van der Waals surface area contributed by atoms with E-state index in [0.29, 0.717) is 26.1 Å². The van der Waals surface area contributed by atoms with Crippen molar-refractivity contribution in [1.29, 1.82) is 0 Å². The minimum Gasteiger partial charge on any atom is -0.369 e. The maximum Gasteiger partial charge on any atom is 0.250 e. The molecule has 10 heteroatoms. The third-order valence-electron chi connectivity index (χ3n) is 8.16. The number of nitrogens with two attached hydrogens (primary N) is 1. The molecule has 0 bridgehead atoms. The second-order valence-corrected chi connectivity index (χ2v) is 11.7. The Morgan fingerprint density at radius 2 is 1.94 bits per heavy atom. The van der Waals surface area contributed by atoms with Crippen LogP contribution in [0.15, 0.2) is 0 Å². The van der Waals surface area contributed by atoms with Crippen molar-refractivity contribution in [3.05, 3.63) is 0 Å². The molecule has 4 rings (SSSR count). The third kappa shape index (κ3) is 4.86. The summed E-state index contributed by atoms with van der Waals surface area (Å²) in [5, 5.41) is 3.31. The highest BCUT2D eigenvalue weighted by Crippen LogP contribution is 2.39. The highest BCUT2D eigenvalue weighted by atomic mass is 35.5. The van der Waals surface area contributed by atoms with Gasteiger partial charge >= 0.3 is 0 Å². The van der Waals surface area contributed by atoms with Crippen LogP contribution in [0.5, 0.6) is 0 Å². The monoisotopic (exact) mass is 501 g/mol. The number of piperazine rings is 1. The van der Waals surface area contributed by atoms with Crippen LogP contribution in [0.3, 0.4) is 0 Å². The van der Waals surface area contributed by atoms with Gasteiger partial charge in [-0.1, -0.05) is 0 Å². The summed E-state index contributed by atoms with van der Waals surface area (Å²) in [5.41, 5.74) is 4.63. The molecular formula is C23H37Cl2N5O3. The van der Waals surface area contributed by atoms with Crippen LogP contribution in [0, 0.1) is 11.8 Å². The smallest absolute Gasteiger partial charge is 0.250 e. The first-order valence-corrected chi connectivity index (χ1v) is 13.2. The van der Waals surface area contributed by atoms with Gasteiger partial charge in [0.05, 0.1) is 17.5 Å². The number of nitrogens with one attached hydrogen (secondary N) is 1. The number of hydrogen-bond donors (Lipinski definition) is 2. The maximum atomic E-state index is 13.9. The molecule has 0 radical (unpaired) electrons. The molecule has 6 atom stereocenters. The van der Waals surface area contributed by atoms with E-state index in [4.69, 9.17) is 28.9 Å². The average molecular weight is 502 g/mol. The zero-order chi connectivity index (χ0) is 23.9. The Balaban J connectivity index is 1.53. The average Bonchev–Trinajstić information content (AvgIpc) is 3.22. The van der Waals surface area contributed by atoms with Crippen LogP contribution in [0.1, 0.15) is 52.4 Å². The van der Waals surface area contributed by atoms with Gasteiger partial charge in [-0.05, 0) is 58.3 Å². The first-order valence-electron chi connectivity index (χ1n) is 12.3. The van der Waals surface area contributed by atoms with Gasteiger partial charge < -0.3 is 20.9 Å². The second kappa shape index (κ2) is 9.88. The molecule has 4 aliphatic rings. The zero-order valence-corrected chi connectivity index (χ0v) is 21.2. The fourth-order valence-corrected chi connectivity index (χ4v) is 6.69. The van der Waals surface area contributed by atoms with Crippen molar-refractivity contribution in [1.82, 2.24) is 20.0 Å². The highest BCUT2D eigenvalue weighted by molar-refractivity contribution is 6.30. The van der Waals surface area contributed by atoms with E-state index in [9.17, 15) is 14.4 Å². The summed E-state index contributed by atoms with van der Waals surface area (Å²) in [6, 6.07) is -0.0300. The summed E-state index contributed by atoms with van der Waals surface area (Å²) < 4.78 is 0. The first kappa shape index (κ1) is 25.0. The zero-order valence-electron chi connectivity index (χ0n) is 19.6. The lowest BCUT2D eigenvalue weighted by Gasteiger charge is -2.50. The minimum absolute atomic E-state index is 0.0228. The first-order chi connectivity index (χ1) is 15.6. The van der Waals surface area contributed by atoms with Crippen molar-refractivity contribution in [2.75, 3.05) is 32.7 Å². The van der Waals surface area contributed by atoms with Crippen LogP contribution in [-0.2, 0) is 14.4 Å². The lowest BCUT2D eigenvalue weighted by atomic mass is 9.84. The molecular weight excluding hydrogens is 465 g/mol. The van der Waals surface area contributed by atoms with Crippen LogP contribution < -0.4 is 11.1 Å². The molecule has 3 amide bonds. The van der Waals surface area contributed by atoms with E-state index in [1.165, 1.54) is 0 Å². The number of nitrogens with zero attached hydrogens (tertiary/aromatic N) is 3. The molecule has 3 saturated heterocycles. The third-order valence-corrected chi connectivity index (χ3v) is 9.29. The maximum absolute atomic E-state index is 13.9. The van der Waals surface area contributed by atoms with Crippen molar-refractivity contribution >= 4 is 40.9 Å². The number of rotatable bonds is 5. The number of amides is 3. The van der Waals surface area contributed by atoms with Gasteiger partial charge in [0.2, 0.25) is 11.8 Å². The number of halogens is 2. The molecule has 0 aromatic carbocycles. The summed E-state index contributed by atoms with van der Waals surface area (Å²) in [4.78, 5) is 44.7. The van der Waals surface area contributed by atoms with E-state index in [1.807, 2.05) is 18.7 Å². The topological polar surface area (TPSA) is 99.0 Å². The SMILES string of the molecule is CC(C)N1CC(=O)N(CC2CCC(Cl)C(Cl)C2)C2(CCN(C3CCC(C(N)=O)CN3)C2)C1=O. The van der Waals surface area contributed by atoms with Crippen LogP contribution in [0.25, 0.3) is 0 Å². The number of primary amides is 1. The summed E-state index contributed by atoms with van der Waals surface area (Å²) in [7, 11) is 0. The highest BCUT2D eigenvalue weighted by Gasteiger charge is 2.57. The molecule has 186 valence electrons. The van der Waals surface area contributed by atoms with E-state index < -0.39 is 5.54 Å². The van der Waals surface area contributed by atoms with Crippen LogP contribution >= 0.6 is 23.2 Å². The quantitative estimate of drug-likeness (QED) is 0.553. The number of hydrogen-bond acceptors (Lipinski definition) is 5. The molecule has 6 unspecified atom stereocenters. The summed E-state index contributed by atoms with van der Waals surface area (Å²) in [5.74, 6) is -0.0902. The van der Waals surface area contributed by atoms with Crippen LogP contribution in [-0.4, -0.2) is 93.6 Å².